The number of nitrogens with two attached hydrogens (primary N) is 1. The second-order valence-corrected chi connectivity index (χ2v) is 4.53. The van der Waals surface area contributed by atoms with Crippen molar-refractivity contribution in [2.75, 3.05) is 19.0 Å². The molecule has 0 atom stereocenters. The zero-order valence-electron chi connectivity index (χ0n) is 12.5. The summed E-state index contributed by atoms with van der Waals surface area (Å²) in [5.41, 5.74) is 3.00. The number of carbonyl (C=O) groups excluding carboxylic acids is 2. The molecule has 0 fully saturated rings. The molecule has 0 unspecified atom stereocenters. The van der Waals surface area contributed by atoms with Crippen LogP contribution in [0.25, 0.3) is 0 Å². The topological polar surface area (TPSA) is 103 Å². The van der Waals surface area contributed by atoms with Crippen molar-refractivity contribution in [3.63, 3.8) is 0 Å². The van der Waals surface area contributed by atoms with Gasteiger partial charge >= 0.3 is 0 Å². The average molecular weight is 315 g/mol. The van der Waals surface area contributed by atoms with E-state index < -0.39 is 5.91 Å². The molecule has 0 spiro atoms. The van der Waals surface area contributed by atoms with Gasteiger partial charge in [0.15, 0.2) is 6.61 Å². The molecular formula is C16H17N3O4. The molecule has 4 N–H and O–H groups in total. The molecular weight excluding hydrogens is 298 g/mol. The Morgan fingerprint density at radius 2 is 1.78 bits per heavy atom. The minimum atomic E-state index is -0.442. The lowest BCUT2D eigenvalue weighted by Gasteiger charge is -2.10. The van der Waals surface area contributed by atoms with E-state index in [0.29, 0.717) is 22.7 Å². The fourth-order valence-corrected chi connectivity index (χ4v) is 1.84. The van der Waals surface area contributed by atoms with Crippen LogP contribution in [0.2, 0.25) is 0 Å². The first kappa shape index (κ1) is 16.3. The summed E-state index contributed by atoms with van der Waals surface area (Å²) >= 11 is 0. The van der Waals surface area contributed by atoms with Gasteiger partial charge in [-0.25, -0.2) is 5.84 Å². The van der Waals surface area contributed by atoms with Gasteiger partial charge in [-0.2, -0.15) is 0 Å². The number of carbonyl (C=O) groups is 2. The standard InChI is InChI=1S/C16H17N3O4/c1-22-14-5-3-2-4-13(14)18-16(21)11-6-8-12(9-7-11)23-10-15(20)19-17/h2-9H,10,17H2,1H3,(H,18,21)(H,19,20). The van der Waals surface area contributed by atoms with Gasteiger partial charge < -0.3 is 14.8 Å². The second kappa shape index (κ2) is 7.81. The Hall–Kier alpha value is -3.06. The number of methoxy groups -OCH3 is 1. The van der Waals surface area contributed by atoms with Crippen LogP contribution in [-0.2, 0) is 4.79 Å². The van der Waals surface area contributed by atoms with Crippen molar-refractivity contribution >= 4 is 17.5 Å². The minimum Gasteiger partial charge on any atom is -0.495 e. The number of para-hydroxylation sites is 2. The quantitative estimate of drug-likeness (QED) is 0.424. The summed E-state index contributed by atoms with van der Waals surface area (Å²) in [6.07, 6.45) is 0. The molecule has 120 valence electrons. The number of amides is 2. The molecule has 0 aliphatic rings. The predicted octanol–water partition coefficient (Wildman–Crippen LogP) is 1.32. The largest absolute Gasteiger partial charge is 0.495 e. The molecule has 2 aromatic rings. The maximum Gasteiger partial charge on any atom is 0.271 e. The number of benzene rings is 2. The molecule has 0 saturated carbocycles. The van der Waals surface area contributed by atoms with Crippen LogP contribution in [0.5, 0.6) is 11.5 Å². The van der Waals surface area contributed by atoms with Gasteiger partial charge in [-0.3, -0.25) is 15.0 Å². The summed E-state index contributed by atoms with van der Waals surface area (Å²) < 4.78 is 10.4. The first-order valence-electron chi connectivity index (χ1n) is 6.80. The molecule has 0 aliphatic heterocycles. The number of nitrogens with one attached hydrogen (secondary N) is 2. The van der Waals surface area contributed by atoms with E-state index in [4.69, 9.17) is 15.3 Å². The molecule has 7 nitrogen and oxygen atoms in total. The van der Waals surface area contributed by atoms with Gasteiger partial charge in [0.25, 0.3) is 11.8 Å². The van der Waals surface area contributed by atoms with Gasteiger partial charge in [-0.1, -0.05) is 12.1 Å². The van der Waals surface area contributed by atoms with E-state index in [2.05, 4.69) is 5.32 Å². The monoisotopic (exact) mass is 315 g/mol. The van der Waals surface area contributed by atoms with Crippen molar-refractivity contribution in [2.45, 2.75) is 0 Å². The van der Waals surface area contributed by atoms with E-state index in [1.807, 2.05) is 11.5 Å². The Balaban J connectivity index is 2.01. The van der Waals surface area contributed by atoms with Crippen LogP contribution < -0.4 is 26.1 Å². The third-order valence-electron chi connectivity index (χ3n) is 3.00. The normalized spacial score (nSPS) is 9.83. The summed E-state index contributed by atoms with van der Waals surface area (Å²) in [6, 6.07) is 13.5. The maximum absolute atomic E-state index is 12.2. The number of anilines is 1. The first-order valence-corrected chi connectivity index (χ1v) is 6.80. The Bertz CT molecular complexity index is 686. The number of hydrazine groups is 1. The molecule has 0 aliphatic carbocycles. The van der Waals surface area contributed by atoms with Crippen molar-refractivity contribution in [1.82, 2.24) is 5.43 Å². The van der Waals surface area contributed by atoms with Gasteiger partial charge in [-0.15, -0.1) is 0 Å². The summed E-state index contributed by atoms with van der Waals surface area (Å²) in [4.78, 5) is 23.2. The van der Waals surface area contributed by atoms with Gasteiger partial charge in [0.2, 0.25) is 0 Å². The first-order chi connectivity index (χ1) is 11.1. The number of hydrogen-bond donors (Lipinski definition) is 3. The van der Waals surface area contributed by atoms with Crippen molar-refractivity contribution in [2.24, 2.45) is 5.84 Å². The molecule has 0 aromatic heterocycles. The zero-order valence-corrected chi connectivity index (χ0v) is 12.5. The van der Waals surface area contributed by atoms with Gasteiger partial charge in [-0.05, 0) is 36.4 Å². The van der Waals surface area contributed by atoms with Crippen LogP contribution in [0.3, 0.4) is 0 Å². The summed E-state index contributed by atoms with van der Waals surface area (Å²) in [7, 11) is 1.54. The molecule has 0 bridgehead atoms. The lowest BCUT2D eigenvalue weighted by molar-refractivity contribution is -0.123. The highest BCUT2D eigenvalue weighted by molar-refractivity contribution is 6.05. The van der Waals surface area contributed by atoms with Gasteiger partial charge in [0, 0.05) is 5.56 Å². The lowest BCUT2D eigenvalue weighted by Crippen LogP contribution is -2.34. The zero-order chi connectivity index (χ0) is 16.7. The third kappa shape index (κ3) is 4.45. The van der Waals surface area contributed by atoms with E-state index in [-0.39, 0.29) is 12.5 Å². The van der Waals surface area contributed by atoms with Gasteiger partial charge in [0.1, 0.15) is 11.5 Å². The Morgan fingerprint density at radius 1 is 1.09 bits per heavy atom. The van der Waals surface area contributed by atoms with Crippen LogP contribution in [0.15, 0.2) is 48.5 Å². The summed E-state index contributed by atoms with van der Waals surface area (Å²) in [5, 5.41) is 2.77. The highest BCUT2D eigenvalue weighted by atomic mass is 16.5. The van der Waals surface area contributed by atoms with Crippen LogP contribution in [0.4, 0.5) is 5.69 Å². The van der Waals surface area contributed by atoms with Crippen LogP contribution >= 0.6 is 0 Å². The van der Waals surface area contributed by atoms with Crippen molar-refractivity contribution in [1.29, 1.82) is 0 Å². The van der Waals surface area contributed by atoms with Crippen LogP contribution in [-0.4, -0.2) is 25.5 Å². The van der Waals surface area contributed by atoms with Gasteiger partial charge in [0.05, 0.1) is 12.8 Å². The maximum atomic E-state index is 12.2. The highest BCUT2D eigenvalue weighted by Gasteiger charge is 2.09. The lowest BCUT2D eigenvalue weighted by atomic mass is 10.2. The number of hydrogen-bond acceptors (Lipinski definition) is 5. The molecule has 0 heterocycles. The summed E-state index contributed by atoms with van der Waals surface area (Å²) in [5.74, 6) is 5.27. The molecule has 23 heavy (non-hydrogen) atoms. The fraction of sp³-hybridized carbons (Fsp3) is 0.125. The molecule has 0 saturated heterocycles. The molecule has 0 radical (unpaired) electrons. The highest BCUT2D eigenvalue weighted by Crippen LogP contribution is 2.24. The Labute approximate surface area is 133 Å². The summed E-state index contributed by atoms with van der Waals surface area (Å²) in [6.45, 7) is -0.191. The van der Waals surface area contributed by atoms with Crippen molar-refractivity contribution < 1.29 is 19.1 Å². The van der Waals surface area contributed by atoms with E-state index in [1.165, 1.54) is 7.11 Å². The van der Waals surface area contributed by atoms with Crippen molar-refractivity contribution in [3.8, 4) is 11.5 Å². The van der Waals surface area contributed by atoms with Crippen molar-refractivity contribution in [3.05, 3.63) is 54.1 Å². The Morgan fingerprint density at radius 3 is 2.43 bits per heavy atom. The third-order valence-corrected chi connectivity index (χ3v) is 3.00. The number of rotatable bonds is 6. The SMILES string of the molecule is COc1ccccc1NC(=O)c1ccc(OCC(=O)NN)cc1. The van der Waals surface area contributed by atoms with E-state index in [9.17, 15) is 9.59 Å². The predicted molar refractivity (Wildman–Crippen MR) is 85.2 cm³/mol. The smallest absolute Gasteiger partial charge is 0.271 e. The molecule has 7 heteroatoms. The minimum absolute atomic E-state index is 0.191. The van der Waals surface area contributed by atoms with E-state index in [1.54, 1.807) is 42.5 Å². The van der Waals surface area contributed by atoms with E-state index in [0.717, 1.165) is 0 Å². The average Bonchev–Trinajstić information content (AvgIpc) is 2.60. The number of ether oxygens (including phenoxy) is 2. The molecule has 2 rings (SSSR count). The van der Waals surface area contributed by atoms with Crippen LogP contribution in [0, 0.1) is 0 Å². The molecule has 2 amide bonds. The molecule has 2 aromatic carbocycles. The Kier molecular flexibility index (Phi) is 5.54. The van der Waals surface area contributed by atoms with E-state index >= 15 is 0 Å². The second-order valence-electron chi connectivity index (χ2n) is 4.53. The van der Waals surface area contributed by atoms with Crippen LogP contribution in [0.1, 0.15) is 10.4 Å². The fourth-order valence-electron chi connectivity index (χ4n) is 1.84.